The highest BCUT2D eigenvalue weighted by atomic mass is 16.2. The van der Waals surface area contributed by atoms with Crippen LogP contribution in [0.15, 0.2) is 67.0 Å². The molecule has 0 saturated carbocycles. The molecule has 3 rings (SSSR count). The van der Waals surface area contributed by atoms with Crippen LogP contribution >= 0.6 is 0 Å². The smallest absolute Gasteiger partial charge is 0.257 e. The maximum atomic E-state index is 12.6. The fourth-order valence-electron chi connectivity index (χ4n) is 2.72. The molecule has 0 saturated heterocycles. The summed E-state index contributed by atoms with van der Waals surface area (Å²) < 4.78 is 0. The van der Waals surface area contributed by atoms with Crippen molar-refractivity contribution in [3.63, 3.8) is 0 Å². The van der Waals surface area contributed by atoms with Crippen molar-refractivity contribution in [1.82, 2.24) is 4.98 Å². The number of amides is 2. The average Bonchev–Trinajstić information content (AvgIpc) is 2.68. The molecule has 2 amide bonds. The highest BCUT2D eigenvalue weighted by molar-refractivity contribution is 6.04. The third-order valence-electron chi connectivity index (χ3n) is 4.11. The van der Waals surface area contributed by atoms with Crippen LogP contribution in [0.2, 0.25) is 0 Å². The van der Waals surface area contributed by atoms with E-state index in [0.29, 0.717) is 22.6 Å². The van der Waals surface area contributed by atoms with Gasteiger partial charge in [-0.25, -0.2) is 0 Å². The lowest BCUT2D eigenvalue weighted by atomic mass is 10.2. The Bertz CT molecular complexity index is 1020. The SMILES string of the molecule is CC(=O)Nc1cccc(Nc2cncc(C(=O)Nc3ccc(N(C)C)cc3)c2)c1. The maximum absolute atomic E-state index is 12.6. The number of hydrogen-bond acceptors (Lipinski definition) is 5. The van der Waals surface area contributed by atoms with Gasteiger partial charge in [0.15, 0.2) is 0 Å². The van der Waals surface area contributed by atoms with Crippen molar-refractivity contribution in [2.75, 3.05) is 34.9 Å². The zero-order valence-electron chi connectivity index (χ0n) is 16.6. The van der Waals surface area contributed by atoms with E-state index in [1.165, 1.54) is 13.1 Å². The van der Waals surface area contributed by atoms with Crippen molar-refractivity contribution in [3.05, 3.63) is 72.6 Å². The van der Waals surface area contributed by atoms with Crippen molar-refractivity contribution in [2.24, 2.45) is 0 Å². The van der Waals surface area contributed by atoms with Crippen molar-refractivity contribution < 1.29 is 9.59 Å². The van der Waals surface area contributed by atoms with Crippen LogP contribution in [0.3, 0.4) is 0 Å². The van der Waals surface area contributed by atoms with Gasteiger partial charge < -0.3 is 20.9 Å². The number of rotatable bonds is 6. The number of benzene rings is 2. The molecule has 2 aromatic carbocycles. The number of carbonyl (C=O) groups excluding carboxylic acids is 2. The maximum Gasteiger partial charge on any atom is 0.257 e. The Kier molecular flexibility index (Phi) is 6.09. The highest BCUT2D eigenvalue weighted by Gasteiger charge is 2.08. The van der Waals surface area contributed by atoms with E-state index in [1.807, 2.05) is 55.4 Å². The monoisotopic (exact) mass is 389 g/mol. The predicted molar refractivity (Wildman–Crippen MR) is 117 cm³/mol. The molecule has 1 heterocycles. The van der Waals surface area contributed by atoms with Crippen molar-refractivity contribution in [2.45, 2.75) is 6.92 Å². The lowest BCUT2D eigenvalue weighted by molar-refractivity contribution is -0.114. The molecule has 0 aliphatic carbocycles. The van der Waals surface area contributed by atoms with Gasteiger partial charge in [0.2, 0.25) is 5.91 Å². The summed E-state index contributed by atoms with van der Waals surface area (Å²) in [7, 11) is 3.92. The van der Waals surface area contributed by atoms with Crippen LogP contribution in [0.25, 0.3) is 0 Å². The molecule has 148 valence electrons. The molecule has 0 unspecified atom stereocenters. The fraction of sp³-hybridized carbons (Fsp3) is 0.136. The first-order valence-corrected chi connectivity index (χ1v) is 9.09. The number of aromatic nitrogens is 1. The minimum Gasteiger partial charge on any atom is -0.378 e. The Morgan fingerprint density at radius 2 is 1.55 bits per heavy atom. The second-order valence-electron chi connectivity index (χ2n) is 6.74. The molecule has 0 spiro atoms. The van der Waals surface area contributed by atoms with E-state index in [0.717, 1.165) is 11.4 Å². The predicted octanol–water partition coefficient (Wildman–Crippen LogP) is 4.10. The molecule has 0 aliphatic heterocycles. The zero-order chi connectivity index (χ0) is 20.8. The van der Waals surface area contributed by atoms with E-state index in [9.17, 15) is 9.59 Å². The van der Waals surface area contributed by atoms with E-state index in [1.54, 1.807) is 24.4 Å². The Balaban J connectivity index is 1.70. The molecule has 7 nitrogen and oxygen atoms in total. The third-order valence-corrected chi connectivity index (χ3v) is 4.11. The molecular weight excluding hydrogens is 366 g/mol. The standard InChI is InChI=1S/C22H23N5O2/c1-15(28)24-18-5-4-6-19(12-18)25-20-11-16(13-23-14-20)22(29)26-17-7-9-21(10-8-17)27(2)3/h4-14,25H,1-3H3,(H,24,28)(H,26,29). The van der Waals surface area contributed by atoms with Crippen LogP contribution in [-0.4, -0.2) is 30.9 Å². The minimum absolute atomic E-state index is 0.138. The molecule has 0 atom stereocenters. The first-order valence-electron chi connectivity index (χ1n) is 9.09. The van der Waals surface area contributed by atoms with Gasteiger partial charge in [0.05, 0.1) is 17.4 Å². The van der Waals surface area contributed by atoms with Gasteiger partial charge in [0.25, 0.3) is 5.91 Å². The molecule has 3 aromatic rings. The summed E-state index contributed by atoms with van der Waals surface area (Å²) in [6.07, 6.45) is 3.15. The van der Waals surface area contributed by atoms with Gasteiger partial charge in [0.1, 0.15) is 0 Å². The van der Waals surface area contributed by atoms with Gasteiger partial charge >= 0.3 is 0 Å². The topological polar surface area (TPSA) is 86.4 Å². The minimum atomic E-state index is -0.245. The van der Waals surface area contributed by atoms with Crippen LogP contribution in [0, 0.1) is 0 Å². The summed E-state index contributed by atoms with van der Waals surface area (Å²) in [5.74, 6) is -0.383. The van der Waals surface area contributed by atoms with Crippen LogP contribution < -0.4 is 20.9 Å². The van der Waals surface area contributed by atoms with Crippen molar-refractivity contribution >= 4 is 40.3 Å². The second-order valence-corrected chi connectivity index (χ2v) is 6.74. The average molecular weight is 389 g/mol. The van der Waals surface area contributed by atoms with Gasteiger partial charge in [-0.15, -0.1) is 0 Å². The van der Waals surface area contributed by atoms with Gasteiger partial charge in [-0.2, -0.15) is 0 Å². The molecule has 0 fully saturated rings. The first-order chi connectivity index (χ1) is 13.9. The third kappa shape index (κ3) is 5.55. The molecule has 0 bridgehead atoms. The number of nitrogens with one attached hydrogen (secondary N) is 3. The fourth-order valence-corrected chi connectivity index (χ4v) is 2.72. The molecule has 1 aromatic heterocycles. The molecule has 29 heavy (non-hydrogen) atoms. The van der Waals surface area contributed by atoms with Crippen molar-refractivity contribution in [1.29, 1.82) is 0 Å². The van der Waals surface area contributed by atoms with E-state index < -0.39 is 0 Å². The number of hydrogen-bond donors (Lipinski definition) is 3. The summed E-state index contributed by atoms with van der Waals surface area (Å²) in [6, 6.07) is 16.6. The highest BCUT2D eigenvalue weighted by Crippen LogP contribution is 2.21. The summed E-state index contributed by atoms with van der Waals surface area (Å²) in [6.45, 7) is 1.46. The first kappa shape index (κ1) is 19.9. The van der Waals surface area contributed by atoms with Gasteiger partial charge in [-0.1, -0.05) is 6.07 Å². The van der Waals surface area contributed by atoms with Gasteiger partial charge in [0, 0.05) is 50.0 Å². The molecule has 0 aliphatic rings. The van der Waals surface area contributed by atoms with E-state index in [-0.39, 0.29) is 11.8 Å². The molecule has 7 heteroatoms. The molecule has 3 N–H and O–H groups in total. The van der Waals surface area contributed by atoms with E-state index >= 15 is 0 Å². The molecule has 0 radical (unpaired) electrons. The lowest BCUT2D eigenvalue weighted by Gasteiger charge is -2.13. The van der Waals surface area contributed by atoms with Crippen LogP contribution in [0.5, 0.6) is 0 Å². The second kappa shape index (κ2) is 8.88. The van der Waals surface area contributed by atoms with Crippen LogP contribution in [-0.2, 0) is 4.79 Å². The summed E-state index contributed by atoms with van der Waals surface area (Å²) >= 11 is 0. The quantitative estimate of drug-likeness (QED) is 0.591. The number of pyridine rings is 1. The van der Waals surface area contributed by atoms with Crippen molar-refractivity contribution in [3.8, 4) is 0 Å². The Labute approximate surface area is 169 Å². The largest absolute Gasteiger partial charge is 0.378 e. The number of carbonyl (C=O) groups is 2. The Hall–Kier alpha value is -3.87. The normalized spacial score (nSPS) is 10.2. The lowest BCUT2D eigenvalue weighted by Crippen LogP contribution is -2.13. The van der Waals surface area contributed by atoms with Crippen LogP contribution in [0.4, 0.5) is 28.4 Å². The summed E-state index contributed by atoms with van der Waals surface area (Å²) in [5.41, 5.74) is 4.32. The summed E-state index contributed by atoms with van der Waals surface area (Å²) in [4.78, 5) is 29.9. The molecular formula is C22H23N5O2. The Morgan fingerprint density at radius 3 is 2.24 bits per heavy atom. The van der Waals surface area contributed by atoms with Crippen LogP contribution in [0.1, 0.15) is 17.3 Å². The van der Waals surface area contributed by atoms with E-state index in [2.05, 4.69) is 20.9 Å². The number of anilines is 5. The van der Waals surface area contributed by atoms with Gasteiger partial charge in [-0.05, 0) is 48.5 Å². The number of nitrogens with zero attached hydrogens (tertiary/aromatic N) is 2. The van der Waals surface area contributed by atoms with E-state index in [4.69, 9.17) is 0 Å². The zero-order valence-corrected chi connectivity index (χ0v) is 16.6. The van der Waals surface area contributed by atoms with Gasteiger partial charge in [-0.3, -0.25) is 14.6 Å². The Morgan fingerprint density at radius 1 is 0.828 bits per heavy atom. The summed E-state index contributed by atoms with van der Waals surface area (Å²) in [5, 5.41) is 8.81.